The summed E-state index contributed by atoms with van der Waals surface area (Å²) in [6.45, 7) is 1.92. The zero-order valence-electron chi connectivity index (χ0n) is 9.86. The van der Waals surface area contributed by atoms with Gasteiger partial charge in [0.15, 0.2) is 0 Å². The second-order valence-electron chi connectivity index (χ2n) is 3.96. The molecule has 0 saturated carbocycles. The van der Waals surface area contributed by atoms with Gasteiger partial charge in [0.05, 0.1) is 19.0 Å². The summed E-state index contributed by atoms with van der Waals surface area (Å²) >= 11 is 0. The van der Waals surface area contributed by atoms with Crippen LogP contribution in [0, 0.1) is 6.92 Å². The molecule has 88 valence electrons. The Labute approximate surface area is 99.4 Å². The molecule has 1 aromatic heterocycles. The molecule has 1 amide bonds. The predicted octanol–water partition coefficient (Wildman–Crippen LogP) is 1.58. The van der Waals surface area contributed by atoms with Crippen molar-refractivity contribution in [3.05, 3.63) is 35.5 Å². The van der Waals surface area contributed by atoms with Crippen molar-refractivity contribution < 1.29 is 9.53 Å². The van der Waals surface area contributed by atoms with E-state index in [0.717, 1.165) is 27.9 Å². The van der Waals surface area contributed by atoms with Crippen LogP contribution < -0.4 is 10.5 Å². The van der Waals surface area contributed by atoms with Gasteiger partial charge in [-0.05, 0) is 24.6 Å². The fourth-order valence-electron chi connectivity index (χ4n) is 1.85. The lowest BCUT2D eigenvalue weighted by molar-refractivity contribution is -0.117. The van der Waals surface area contributed by atoms with Gasteiger partial charge < -0.3 is 10.5 Å². The summed E-state index contributed by atoms with van der Waals surface area (Å²) < 4.78 is 5.31. The van der Waals surface area contributed by atoms with Crippen LogP contribution in [0.3, 0.4) is 0 Å². The molecule has 2 aromatic rings. The van der Waals surface area contributed by atoms with Crippen molar-refractivity contribution in [2.24, 2.45) is 5.73 Å². The average molecular weight is 230 g/mol. The van der Waals surface area contributed by atoms with Gasteiger partial charge in [-0.1, -0.05) is 6.07 Å². The summed E-state index contributed by atoms with van der Waals surface area (Å²) in [5.74, 6) is 0.419. The highest BCUT2D eigenvalue weighted by Crippen LogP contribution is 2.26. The van der Waals surface area contributed by atoms with Crippen molar-refractivity contribution in [1.29, 1.82) is 0 Å². The molecule has 2 rings (SSSR count). The summed E-state index contributed by atoms with van der Waals surface area (Å²) in [7, 11) is 1.62. The standard InChI is InChI=1S/C13H14N2O2/c1-8-5-12(17-2)10-6-9(7-13(14)16)3-4-11(10)15-8/h3-6H,7H2,1-2H3,(H2,14,16). The number of fused-ring (bicyclic) bond motifs is 1. The number of primary amides is 1. The SMILES string of the molecule is COc1cc(C)nc2ccc(CC(N)=O)cc12. The Hall–Kier alpha value is -2.10. The number of amides is 1. The van der Waals surface area contributed by atoms with Crippen LogP contribution in [0.2, 0.25) is 0 Å². The van der Waals surface area contributed by atoms with Gasteiger partial charge >= 0.3 is 0 Å². The van der Waals surface area contributed by atoms with Gasteiger partial charge in [0, 0.05) is 17.1 Å². The maximum Gasteiger partial charge on any atom is 0.221 e. The van der Waals surface area contributed by atoms with Crippen LogP contribution in [0.25, 0.3) is 10.9 Å². The first kappa shape index (κ1) is 11.4. The number of rotatable bonds is 3. The molecule has 0 saturated heterocycles. The monoisotopic (exact) mass is 230 g/mol. The van der Waals surface area contributed by atoms with Crippen LogP contribution in [0.5, 0.6) is 5.75 Å². The fraction of sp³-hybridized carbons (Fsp3) is 0.231. The number of nitrogens with two attached hydrogens (primary N) is 1. The van der Waals surface area contributed by atoms with Crippen molar-refractivity contribution in [2.45, 2.75) is 13.3 Å². The number of carbonyl (C=O) groups excluding carboxylic acids is 1. The molecule has 0 aliphatic heterocycles. The van der Waals surface area contributed by atoms with E-state index in [4.69, 9.17) is 10.5 Å². The highest BCUT2D eigenvalue weighted by Gasteiger charge is 2.06. The van der Waals surface area contributed by atoms with E-state index in [9.17, 15) is 4.79 Å². The predicted molar refractivity (Wildman–Crippen MR) is 65.9 cm³/mol. The van der Waals surface area contributed by atoms with Gasteiger partial charge in [-0.3, -0.25) is 9.78 Å². The topological polar surface area (TPSA) is 65.2 Å². The molecule has 1 heterocycles. The summed E-state index contributed by atoms with van der Waals surface area (Å²) in [5, 5.41) is 0.900. The van der Waals surface area contributed by atoms with E-state index < -0.39 is 0 Å². The zero-order chi connectivity index (χ0) is 12.4. The van der Waals surface area contributed by atoms with E-state index in [2.05, 4.69) is 4.98 Å². The molecule has 0 bridgehead atoms. The Kier molecular flexibility index (Phi) is 2.95. The van der Waals surface area contributed by atoms with E-state index in [0.29, 0.717) is 0 Å². The van der Waals surface area contributed by atoms with Crippen LogP contribution in [0.4, 0.5) is 0 Å². The fourth-order valence-corrected chi connectivity index (χ4v) is 1.85. The van der Waals surface area contributed by atoms with Crippen molar-refractivity contribution in [3.8, 4) is 5.75 Å². The number of pyridine rings is 1. The number of hydrogen-bond donors (Lipinski definition) is 1. The van der Waals surface area contributed by atoms with Crippen LogP contribution >= 0.6 is 0 Å². The van der Waals surface area contributed by atoms with E-state index in [1.807, 2.05) is 31.2 Å². The lowest BCUT2D eigenvalue weighted by Crippen LogP contribution is -2.13. The number of benzene rings is 1. The number of aryl methyl sites for hydroxylation is 1. The molecule has 0 aliphatic rings. The van der Waals surface area contributed by atoms with E-state index in [1.165, 1.54) is 0 Å². The number of carbonyl (C=O) groups is 1. The van der Waals surface area contributed by atoms with E-state index in [-0.39, 0.29) is 12.3 Å². The highest BCUT2D eigenvalue weighted by atomic mass is 16.5. The van der Waals surface area contributed by atoms with Gasteiger partial charge in [-0.25, -0.2) is 0 Å². The minimum Gasteiger partial charge on any atom is -0.496 e. The Bertz CT molecular complexity index is 579. The summed E-state index contributed by atoms with van der Waals surface area (Å²) in [5.41, 5.74) is 7.80. The Balaban J connectivity index is 2.59. The number of ether oxygens (including phenoxy) is 1. The summed E-state index contributed by atoms with van der Waals surface area (Å²) in [6.07, 6.45) is 0.229. The lowest BCUT2D eigenvalue weighted by Gasteiger charge is -2.08. The van der Waals surface area contributed by atoms with Crippen molar-refractivity contribution in [2.75, 3.05) is 7.11 Å². The highest BCUT2D eigenvalue weighted by molar-refractivity contribution is 5.87. The van der Waals surface area contributed by atoms with E-state index >= 15 is 0 Å². The zero-order valence-corrected chi connectivity index (χ0v) is 9.86. The lowest BCUT2D eigenvalue weighted by atomic mass is 10.1. The summed E-state index contributed by atoms with van der Waals surface area (Å²) in [4.78, 5) is 15.3. The number of nitrogens with zero attached hydrogens (tertiary/aromatic N) is 1. The second-order valence-corrected chi connectivity index (χ2v) is 3.96. The summed E-state index contributed by atoms with van der Waals surface area (Å²) in [6, 6.07) is 7.50. The van der Waals surface area contributed by atoms with Gasteiger partial charge in [0.2, 0.25) is 5.91 Å². The molecule has 0 aliphatic carbocycles. The Morgan fingerprint density at radius 1 is 1.41 bits per heavy atom. The smallest absolute Gasteiger partial charge is 0.221 e. The first-order chi connectivity index (χ1) is 8.10. The molecule has 4 nitrogen and oxygen atoms in total. The third kappa shape index (κ3) is 2.36. The van der Waals surface area contributed by atoms with Gasteiger partial charge in [-0.15, -0.1) is 0 Å². The molecule has 0 fully saturated rings. The van der Waals surface area contributed by atoms with Gasteiger partial charge in [0.1, 0.15) is 5.75 Å². The van der Waals surface area contributed by atoms with Crippen molar-refractivity contribution in [3.63, 3.8) is 0 Å². The third-order valence-electron chi connectivity index (χ3n) is 2.56. The molecule has 17 heavy (non-hydrogen) atoms. The van der Waals surface area contributed by atoms with Crippen molar-refractivity contribution >= 4 is 16.8 Å². The molecule has 2 N–H and O–H groups in total. The van der Waals surface area contributed by atoms with Crippen LogP contribution in [-0.4, -0.2) is 18.0 Å². The molecular formula is C13H14N2O2. The maximum atomic E-state index is 10.9. The second kappa shape index (κ2) is 4.41. The quantitative estimate of drug-likeness (QED) is 0.870. The number of hydrogen-bond acceptors (Lipinski definition) is 3. The molecular weight excluding hydrogens is 216 g/mol. The minimum atomic E-state index is -0.344. The number of methoxy groups -OCH3 is 1. The molecule has 0 radical (unpaired) electrons. The van der Waals surface area contributed by atoms with Gasteiger partial charge in [-0.2, -0.15) is 0 Å². The molecule has 0 unspecified atom stereocenters. The molecule has 0 atom stereocenters. The first-order valence-electron chi connectivity index (χ1n) is 5.32. The molecule has 1 aromatic carbocycles. The number of aromatic nitrogens is 1. The minimum absolute atomic E-state index is 0.229. The van der Waals surface area contributed by atoms with Crippen LogP contribution in [0.1, 0.15) is 11.3 Å². The third-order valence-corrected chi connectivity index (χ3v) is 2.56. The normalized spacial score (nSPS) is 10.5. The van der Waals surface area contributed by atoms with Crippen molar-refractivity contribution in [1.82, 2.24) is 4.98 Å². The maximum absolute atomic E-state index is 10.9. The Morgan fingerprint density at radius 2 is 2.18 bits per heavy atom. The Morgan fingerprint density at radius 3 is 2.82 bits per heavy atom. The van der Waals surface area contributed by atoms with Gasteiger partial charge in [0.25, 0.3) is 0 Å². The van der Waals surface area contributed by atoms with Crippen LogP contribution in [0.15, 0.2) is 24.3 Å². The average Bonchev–Trinajstić information content (AvgIpc) is 2.27. The van der Waals surface area contributed by atoms with Crippen LogP contribution in [-0.2, 0) is 11.2 Å². The largest absolute Gasteiger partial charge is 0.496 e. The first-order valence-corrected chi connectivity index (χ1v) is 5.32. The molecule has 0 spiro atoms. The molecule has 4 heteroatoms. The van der Waals surface area contributed by atoms with E-state index in [1.54, 1.807) is 7.11 Å².